The van der Waals surface area contributed by atoms with E-state index in [1.165, 1.54) is 4.68 Å². The summed E-state index contributed by atoms with van der Waals surface area (Å²) >= 11 is 0. The Balaban J connectivity index is 1.49. The fourth-order valence-corrected chi connectivity index (χ4v) is 10.3. The molecule has 3 N–H and O–H groups in total. The number of aliphatic carboxylic acids is 1. The Kier molecular flexibility index (Phi) is 9.72. The Hall–Kier alpha value is -4.05. The number of carboxylic acids is 1. The van der Waals surface area contributed by atoms with E-state index in [2.05, 4.69) is 66.5 Å². The first-order valence-electron chi connectivity index (χ1n) is 17.9. The van der Waals surface area contributed by atoms with Gasteiger partial charge in [0, 0.05) is 41.0 Å². The number of anilines is 1. The van der Waals surface area contributed by atoms with Gasteiger partial charge in [0.05, 0.1) is 25.7 Å². The van der Waals surface area contributed by atoms with Gasteiger partial charge in [-0.15, -0.1) is 0 Å². The third kappa shape index (κ3) is 6.06. The van der Waals surface area contributed by atoms with Crippen LogP contribution in [0.2, 0.25) is 0 Å². The van der Waals surface area contributed by atoms with Gasteiger partial charge in [-0.1, -0.05) is 39.8 Å². The molecule has 7 rings (SSSR count). The summed E-state index contributed by atoms with van der Waals surface area (Å²) in [6, 6.07) is 13.7. The van der Waals surface area contributed by atoms with Crippen molar-refractivity contribution in [3.63, 3.8) is 0 Å². The predicted molar refractivity (Wildman–Crippen MR) is 191 cm³/mol. The van der Waals surface area contributed by atoms with Gasteiger partial charge in [-0.05, 0) is 111 Å². The van der Waals surface area contributed by atoms with Gasteiger partial charge in [-0.3, -0.25) is 4.79 Å². The lowest BCUT2D eigenvalue weighted by molar-refractivity contribution is -0.167. The second-order valence-corrected chi connectivity index (χ2v) is 14.9. The van der Waals surface area contributed by atoms with E-state index in [0.29, 0.717) is 19.3 Å². The van der Waals surface area contributed by atoms with Gasteiger partial charge in [-0.25, -0.2) is 4.79 Å². The average Bonchev–Trinajstić information content (AvgIpc) is 3.62. The summed E-state index contributed by atoms with van der Waals surface area (Å²) in [4.78, 5) is 30.1. The second kappa shape index (κ2) is 13.7. The Morgan fingerprint density at radius 3 is 2.39 bits per heavy atom. The van der Waals surface area contributed by atoms with Gasteiger partial charge in [0.2, 0.25) is 0 Å². The van der Waals surface area contributed by atoms with Crippen LogP contribution in [-0.2, 0) is 15.6 Å². The number of carbonyl (C=O) groups excluding carboxylic acids is 1. The first-order valence-corrected chi connectivity index (χ1v) is 17.9. The lowest BCUT2D eigenvalue weighted by Gasteiger charge is -2.69. The molecule has 2 aromatic carbocycles. The molecule has 4 fully saturated rings. The fraction of sp³-hybridized carbons (Fsp3) is 0.564. The quantitative estimate of drug-likeness (QED) is 0.163. The zero-order chi connectivity index (χ0) is 35.0. The van der Waals surface area contributed by atoms with Crippen LogP contribution >= 0.6 is 0 Å². The number of rotatable bonds is 14. The smallest absolute Gasteiger partial charge is 0.342 e. The van der Waals surface area contributed by atoms with E-state index < -0.39 is 34.3 Å². The summed E-state index contributed by atoms with van der Waals surface area (Å²) in [5.41, 5.74) is 1.95. The third-order valence-electron chi connectivity index (χ3n) is 11.8. The second-order valence-electron chi connectivity index (χ2n) is 14.9. The van der Waals surface area contributed by atoms with Gasteiger partial charge in [0.25, 0.3) is 0 Å². The molecule has 0 saturated heterocycles. The Morgan fingerprint density at radius 1 is 1.04 bits per heavy atom. The van der Waals surface area contributed by atoms with Crippen LogP contribution < -0.4 is 20.1 Å². The van der Waals surface area contributed by atoms with Crippen molar-refractivity contribution in [2.45, 2.75) is 88.5 Å². The SMILES string of the molecule is CCN(CC)CCCNc1ccc(C23CC4CC(c5c(OC)cccc5OC)(CC(NC(=O)n5cccn5)(C4)C2C(=O)O)C3)c(C(C)C)c1. The number of amides is 1. The van der Waals surface area contributed by atoms with Gasteiger partial charge in [0.15, 0.2) is 0 Å². The number of carbonyl (C=O) groups is 2. The highest BCUT2D eigenvalue weighted by atomic mass is 16.5. The predicted octanol–water partition coefficient (Wildman–Crippen LogP) is 6.65. The number of nitrogens with one attached hydrogen (secondary N) is 2. The zero-order valence-corrected chi connectivity index (χ0v) is 29.9. The van der Waals surface area contributed by atoms with E-state index in [1.807, 2.05) is 18.2 Å². The van der Waals surface area contributed by atoms with E-state index in [1.54, 1.807) is 32.7 Å². The maximum absolute atomic E-state index is 13.8. The number of hydrogen-bond acceptors (Lipinski definition) is 7. The van der Waals surface area contributed by atoms with Crippen molar-refractivity contribution in [2.75, 3.05) is 45.7 Å². The molecule has 4 bridgehead atoms. The van der Waals surface area contributed by atoms with Gasteiger partial charge >= 0.3 is 12.0 Å². The van der Waals surface area contributed by atoms with Crippen molar-refractivity contribution in [1.29, 1.82) is 0 Å². The molecule has 3 aromatic rings. The molecule has 1 heterocycles. The highest BCUT2D eigenvalue weighted by Gasteiger charge is 2.72. The van der Waals surface area contributed by atoms with Crippen molar-refractivity contribution in [1.82, 2.24) is 20.0 Å². The maximum atomic E-state index is 13.8. The molecule has 5 atom stereocenters. The summed E-state index contributed by atoms with van der Waals surface area (Å²) < 4.78 is 13.3. The Morgan fingerprint density at radius 2 is 1.78 bits per heavy atom. The minimum Gasteiger partial charge on any atom is -0.496 e. The summed E-state index contributed by atoms with van der Waals surface area (Å²) in [5, 5.41) is 22.5. The number of nitrogens with zero attached hydrogens (tertiary/aromatic N) is 3. The topological polar surface area (TPSA) is 118 Å². The molecule has 4 aliphatic rings. The molecule has 1 aromatic heterocycles. The van der Waals surface area contributed by atoms with Crippen molar-refractivity contribution < 1.29 is 24.2 Å². The third-order valence-corrected chi connectivity index (χ3v) is 11.8. The summed E-state index contributed by atoms with van der Waals surface area (Å²) in [6.45, 7) is 12.8. The molecule has 0 radical (unpaired) electrons. The summed E-state index contributed by atoms with van der Waals surface area (Å²) in [5.74, 6) is 0.0468. The molecule has 49 heavy (non-hydrogen) atoms. The van der Waals surface area contributed by atoms with E-state index >= 15 is 0 Å². The summed E-state index contributed by atoms with van der Waals surface area (Å²) in [6.07, 6.45) is 7.45. The highest BCUT2D eigenvalue weighted by molar-refractivity contribution is 5.81. The van der Waals surface area contributed by atoms with E-state index in [9.17, 15) is 14.7 Å². The standard InChI is InChI=1S/C39H53N5O5/c1-7-43(8-2)18-10-16-40-28-14-15-30(29(20-28)26(3)4)38-22-27-21-37(24-38,33-31(48-5)12-9-13-32(33)49-6)25-39(23-27,34(38)35(45)46)42-36(47)44-19-11-17-41-44/h9,11-15,17,19-20,26-27,34,40H,7-8,10,16,18,21-25H2,1-6H3,(H,42,47)(H,45,46). The largest absolute Gasteiger partial charge is 0.496 e. The van der Waals surface area contributed by atoms with Gasteiger partial charge in [0.1, 0.15) is 11.5 Å². The molecule has 4 aliphatic carbocycles. The minimum absolute atomic E-state index is 0.154. The lowest BCUT2D eigenvalue weighted by atomic mass is 9.35. The first-order chi connectivity index (χ1) is 23.5. The molecule has 4 saturated carbocycles. The van der Waals surface area contributed by atoms with E-state index in [4.69, 9.17) is 9.47 Å². The van der Waals surface area contributed by atoms with Gasteiger partial charge < -0.3 is 30.1 Å². The number of hydrogen-bond donors (Lipinski definition) is 3. The molecule has 1 amide bonds. The van der Waals surface area contributed by atoms with Crippen LogP contribution in [0.1, 0.15) is 88.8 Å². The molecule has 5 unspecified atom stereocenters. The molecule has 10 nitrogen and oxygen atoms in total. The number of benzene rings is 2. The molecule has 0 spiro atoms. The minimum atomic E-state index is -1.03. The molecule has 0 aliphatic heterocycles. The van der Waals surface area contributed by atoms with Crippen LogP contribution in [0.4, 0.5) is 10.5 Å². The van der Waals surface area contributed by atoms with Crippen LogP contribution in [0, 0.1) is 11.8 Å². The fourth-order valence-electron chi connectivity index (χ4n) is 10.3. The number of ether oxygens (including phenoxy) is 2. The van der Waals surface area contributed by atoms with Crippen LogP contribution in [0.15, 0.2) is 54.9 Å². The van der Waals surface area contributed by atoms with Crippen LogP contribution in [0.3, 0.4) is 0 Å². The van der Waals surface area contributed by atoms with Crippen LogP contribution in [0.5, 0.6) is 11.5 Å². The van der Waals surface area contributed by atoms with Crippen molar-refractivity contribution >= 4 is 17.7 Å². The number of methoxy groups -OCH3 is 2. The molecule has 264 valence electrons. The normalized spacial score (nSPS) is 27.0. The molecular formula is C39H53N5O5. The van der Waals surface area contributed by atoms with E-state index in [-0.39, 0.29) is 11.8 Å². The molecular weight excluding hydrogens is 618 g/mol. The van der Waals surface area contributed by atoms with E-state index in [0.717, 1.165) is 79.3 Å². The summed E-state index contributed by atoms with van der Waals surface area (Å²) in [7, 11) is 3.35. The average molecular weight is 672 g/mol. The number of carboxylic acid groups (broad SMARTS) is 1. The number of aromatic nitrogens is 2. The first kappa shape index (κ1) is 34.8. The van der Waals surface area contributed by atoms with Crippen molar-refractivity contribution in [3.05, 3.63) is 71.5 Å². The van der Waals surface area contributed by atoms with Crippen molar-refractivity contribution in [3.8, 4) is 11.5 Å². The molecule has 10 heteroatoms. The monoisotopic (exact) mass is 671 g/mol. The van der Waals surface area contributed by atoms with Crippen LogP contribution in [0.25, 0.3) is 0 Å². The van der Waals surface area contributed by atoms with Crippen molar-refractivity contribution in [2.24, 2.45) is 11.8 Å². The Bertz CT molecular complexity index is 1630. The van der Waals surface area contributed by atoms with Gasteiger partial charge in [-0.2, -0.15) is 9.78 Å². The maximum Gasteiger partial charge on any atom is 0.342 e. The Labute approximate surface area is 290 Å². The lowest BCUT2D eigenvalue weighted by Crippen LogP contribution is -2.75. The highest BCUT2D eigenvalue weighted by Crippen LogP contribution is 2.71. The van der Waals surface area contributed by atoms with Crippen LogP contribution in [-0.4, -0.2) is 77.7 Å². The zero-order valence-electron chi connectivity index (χ0n) is 29.9.